The van der Waals surface area contributed by atoms with Gasteiger partial charge in [0.15, 0.2) is 0 Å². The van der Waals surface area contributed by atoms with Gasteiger partial charge >= 0.3 is 0 Å². The van der Waals surface area contributed by atoms with E-state index in [2.05, 4.69) is 42.2 Å². The van der Waals surface area contributed by atoms with Gasteiger partial charge in [0.2, 0.25) is 0 Å². The summed E-state index contributed by atoms with van der Waals surface area (Å²) in [6.45, 7) is 6.82. The molecule has 0 radical (unpaired) electrons. The number of thiol groups is 1. The first-order valence-corrected chi connectivity index (χ1v) is 7.29. The highest BCUT2D eigenvalue weighted by Crippen LogP contribution is 2.12. The Morgan fingerprint density at radius 2 is 1.93 bits per heavy atom. The summed E-state index contributed by atoms with van der Waals surface area (Å²) < 4.78 is 0. The minimum Gasteiger partial charge on any atom is -0.290 e. The molecule has 1 saturated heterocycles. The van der Waals surface area contributed by atoms with Gasteiger partial charge in [-0.1, -0.05) is 29.6 Å². The largest absolute Gasteiger partial charge is 0.290 e. The first-order valence-electron chi connectivity index (χ1n) is 5.25. The smallest absolute Gasteiger partial charge is 0.0686 e. The molecular weight excluding hydrogens is 210 g/mol. The van der Waals surface area contributed by atoms with Crippen LogP contribution < -0.4 is 0 Å². The van der Waals surface area contributed by atoms with Gasteiger partial charge in [0.05, 0.1) is 6.04 Å². The van der Waals surface area contributed by atoms with E-state index in [0.717, 1.165) is 5.75 Å². The minimum atomic E-state index is 0.435. The number of rotatable bonds is 3. The highest BCUT2D eigenvalue weighted by atomic mass is 33.1. The maximum Gasteiger partial charge on any atom is 0.0686 e. The second-order valence-electron chi connectivity index (χ2n) is 3.90. The molecule has 1 heterocycles. The molecule has 2 atom stereocenters. The third-order valence-electron chi connectivity index (χ3n) is 2.55. The van der Waals surface area contributed by atoms with Crippen molar-refractivity contribution in [2.75, 3.05) is 18.8 Å². The molecule has 3 heteroatoms. The molecule has 0 N–H and O–H groups in total. The summed E-state index contributed by atoms with van der Waals surface area (Å²) in [5.41, 5.74) is 0. The summed E-state index contributed by atoms with van der Waals surface area (Å²) in [4.78, 5) is 2.47. The Labute approximate surface area is 96.8 Å². The molecule has 0 aliphatic carbocycles. The van der Waals surface area contributed by atoms with Crippen LogP contribution in [0.3, 0.4) is 0 Å². The van der Waals surface area contributed by atoms with Crippen LogP contribution >= 0.6 is 22.5 Å². The summed E-state index contributed by atoms with van der Waals surface area (Å²) in [5.74, 6) is 8.11. The van der Waals surface area contributed by atoms with E-state index >= 15 is 0 Å². The van der Waals surface area contributed by atoms with Crippen LogP contribution in [0.2, 0.25) is 0 Å². The molecule has 0 bridgehead atoms. The SMILES string of the molecule is CC(C#CC(C)N1CCCC1)CSS. The summed E-state index contributed by atoms with van der Waals surface area (Å²) in [7, 11) is 1.57. The molecule has 0 aromatic carbocycles. The van der Waals surface area contributed by atoms with Crippen LogP contribution in [0.4, 0.5) is 0 Å². The zero-order valence-corrected chi connectivity index (χ0v) is 10.7. The van der Waals surface area contributed by atoms with Crippen LogP contribution in [0.25, 0.3) is 0 Å². The predicted octanol–water partition coefficient (Wildman–Crippen LogP) is 2.69. The van der Waals surface area contributed by atoms with Crippen LogP contribution in [0.15, 0.2) is 0 Å². The van der Waals surface area contributed by atoms with Crippen LogP contribution in [0.1, 0.15) is 26.7 Å². The molecule has 14 heavy (non-hydrogen) atoms. The Hall–Kier alpha value is 0.220. The highest BCUT2D eigenvalue weighted by Gasteiger charge is 2.15. The van der Waals surface area contributed by atoms with Crippen molar-refractivity contribution in [2.24, 2.45) is 5.92 Å². The van der Waals surface area contributed by atoms with E-state index in [1.807, 2.05) is 0 Å². The van der Waals surface area contributed by atoms with Gasteiger partial charge < -0.3 is 0 Å². The first kappa shape index (κ1) is 12.3. The molecule has 1 rings (SSSR count). The number of hydrogen-bond acceptors (Lipinski definition) is 3. The van der Waals surface area contributed by atoms with E-state index in [1.165, 1.54) is 25.9 Å². The van der Waals surface area contributed by atoms with E-state index < -0.39 is 0 Å². The lowest BCUT2D eigenvalue weighted by molar-refractivity contribution is 0.308. The van der Waals surface area contributed by atoms with Gasteiger partial charge in [0.25, 0.3) is 0 Å². The highest BCUT2D eigenvalue weighted by molar-refractivity contribution is 8.68. The van der Waals surface area contributed by atoms with Crippen LogP contribution in [0.5, 0.6) is 0 Å². The van der Waals surface area contributed by atoms with E-state index in [4.69, 9.17) is 0 Å². The molecule has 1 aliphatic rings. The monoisotopic (exact) mass is 229 g/mol. The second-order valence-corrected chi connectivity index (χ2v) is 5.27. The number of likely N-dealkylation sites (tertiary alicyclic amines) is 1. The molecule has 1 aliphatic heterocycles. The van der Waals surface area contributed by atoms with E-state index in [-0.39, 0.29) is 0 Å². The van der Waals surface area contributed by atoms with Crippen molar-refractivity contribution in [1.29, 1.82) is 0 Å². The minimum absolute atomic E-state index is 0.435. The van der Waals surface area contributed by atoms with Gasteiger partial charge in [-0.3, -0.25) is 4.90 Å². The summed E-state index contributed by atoms with van der Waals surface area (Å²) >= 11 is 4.13. The van der Waals surface area contributed by atoms with E-state index in [0.29, 0.717) is 12.0 Å². The second kappa shape index (κ2) is 6.66. The van der Waals surface area contributed by atoms with Crippen molar-refractivity contribution in [3.05, 3.63) is 0 Å². The van der Waals surface area contributed by atoms with E-state index in [9.17, 15) is 0 Å². The molecule has 1 fully saturated rings. The van der Waals surface area contributed by atoms with E-state index in [1.54, 1.807) is 10.8 Å². The lowest BCUT2D eigenvalue weighted by Crippen LogP contribution is -2.28. The molecule has 1 nitrogen and oxygen atoms in total. The topological polar surface area (TPSA) is 3.24 Å². The van der Waals surface area contributed by atoms with Crippen molar-refractivity contribution in [3.8, 4) is 11.8 Å². The predicted molar refractivity (Wildman–Crippen MR) is 68.7 cm³/mol. The Bertz CT molecular complexity index is 213. The third-order valence-corrected chi connectivity index (χ3v) is 3.65. The van der Waals surface area contributed by atoms with Gasteiger partial charge in [0.1, 0.15) is 0 Å². The molecular formula is C11H19NS2. The van der Waals surface area contributed by atoms with Crippen molar-refractivity contribution in [1.82, 2.24) is 4.90 Å². The fraction of sp³-hybridized carbons (Fsp3) is 0.818. The summed E-state index contributed by atoms with van der Waals surface area (Å²) in [6.07, 6.45) is 2.68. The van der Waals surface area contributed by atoms with Crippen molar-refractivity contribution >= 4 is 22.5 Å². The van der Waals surface area contributed by atoms with Gasteiger partial charge in [0, 0.05) is 11.7 Å². The fourth-order valence-electron chi connectivity index (χ4n) is 1.64. The number of hydrogen-bond donors (Lipinski definition) is 1. The normalized spacial score (nSPS) is 21.4. The van der Waals surface area contributed by atoms with Gasteiger partial charge in [-0.15, -0.1) is 11.7 Å². The Morgan fingerprint density at radius 3 is 2.50 bits per heavy atom. The average Bonchev–Trinajstić information content (AvgIpc) is 2.67. The lowest BCUT2D eigenvalue weighted by Gasteiger charge is -2.18. The first-order chi connectivity index (χ1) is 6.74. The lowest BCUT2D eigenvalue weighted by atomic mass is 10.2. The molecule has 0 saturated carbocycles. The Balaban J connectivity index is 2.33. The third kappa shape index (κ3) is 4.16. The van der Waals surface area contributed by atoms with Gasteiger partial charge in [-0.2, -0.15) is 0 Å². The van der Waals surface area contributed by atoms with Crippen molar-refractivity contribution < 1.29 is 0 Å². The molecule has 0 aromatic heterocycles. The standard InChI is InChI=1S/C11H19NS2/c1-10(9-14-13)5-6-11(2)12-7-3-4-8-12/h10-11,13H,3-4,7-9H2,1-2H3. The molecule has 0 amide bonds. The average molecular weight is 229 g/mol. The maximum atomic E-state index is 4.13. The van der Waals surface area contributed by atoms with Gasteiger partial charge in [-0.25, -0.2) is 0 Å². The summed E-state index contributed by atoms with van der Waals surface area (Å²) in [5, 5.41) is 0. The van der Waals surface area contributed by atoms with Crippen molar-refractivity contribution in [3.63, 3.8) is 0 Å². The van der Waals surface area contributed by atoms with Crippen LogP contribution in [0, 0.1) is 17.8 Å². The maximum absolute atomic E-state index is 4.13. The van der Waals surface area contributed by atoms with Crippen molar-refractivity contribution in [2.45, 2.75) is 32.7 Å². The molecule has 80 valence electrons. The Morgan fingerprint density at radius 1 is 1.29 bits per heavy atom. The molecule has 0 spiro atoms. The quantitative estimate of drug-likeness (QED) is 0.450. The Kier molecular flexibility index (Phi) is 5.84. The zero-order chi connectivity index (χ0) is 10.4. The van der Waals surface area contributed by atoms with Crippen LogP contribution in [-0.2, 0) is 0 Å². The fourth-order valence-corrected chi connectivity index (χ4v) is 2.61. The van der Waals surface area contributed by atoms with Crippen LogP contribution in [-0.4, -0.2) is 29.8 Å². The molecule has 0 aromatic rings. The summed E-state index contributed by atoms with van der Waals surface area (Å²) in [6, 6.07) is 0.435. The van der Waals surface area contributed by atoms with Gasteiger partial charge in [-0.05, 0) is 32.9 Å². The number of nitrogens with zero attached hydrogens (tertiary/aromatic N) is 1. The molecule has 2 unspecified atom stereocenters. The zero-order valence-electron chi connectivity index (χ0n) is 8.99.